The Morgan fingerprint density at radius 3 is 2.67 bits per heavy atom. The highest BCUT2D eigenvalue weighted by atomic mass is 16.5. The molecule has 0 saturated carbocycles. The Kier molecular flexibility index (Phi) is 3.94. The van der Waals surface area contributed by atoms with Crippen molar-refractivity contribution in [3.63, 3.8) is 0 Å². The molecule has 0 fully saturated rings. The van der Waals surface area contributed by atoms with Crippen LogP contribution in [0.25, 0.3) is 11.2 Å². The maximum absolute atomic E-state index is 12.5. The summed E-state index contributed by atoms with van der Waals surface area (Å²) in [5.74, 6) is 2.21. The van der Waals surface area contributed by atoms with Crippen LogP contribution in [0.1, 0.15) is 6.92 Å². The molecular weight excluding hydrogens is 350 g/mol. The van der Waals surface area contributed by atoms with E-state index in [2.05, 4.69) is 16.9 Å². The van der Waals surface area contributed by atoms with Crippen molar-refractivity contribution < 1.29 is 9.47 Å². The lowest BCUT2D eigenvalue weighted by Crippen LogP contribution is -2.35. The number of aryl methyl sites for hydroxylation is 1. The van der Waals surface area contributed by atoms with E-state index in [9.17, 15) is 9.59 Å². The highest BCUT2D eigenvalue weighted by Crippen LogP contribution is 2.39. The Bertz CT molecular complexity index is 1140. The van der Waals surface area contributed by atoms with Gasteiger partial charge in [-0.1, -0.05) is 6.92 Å². The highest BCUT2D eigenvalue weighted by molar-refractivity contribution is 5.78. The van der Waals surface area contributed by atoms with Gasteiger partial charge in [0, 0.05) is 26.2 Å². The molecule has 9 nitrogen and oxygen atoms in total. The van der Waals surface area contributed by atoms with Gasteiger partial charge in [-0.25, -0.2) is 4.79 Å². The van der Waals surface area contributed by atoms with Crippen LogP contribution in [0.2, 0.25) is 0 Å². The third-order valence-electron chi connectivity index (χ3n) is 4.89. The van der Waals surface area contributed by atoms with Gasteiger partial charge in [-0.2, -0.15) is 4.98 Å². The van der Waals surface area contributed by atoms with E-state index in [0.717, 1.165) is 5.69 Å². The number of rotatable bonds is 3. The molecule has 0 unspecified atom stereocenters. The number of hydrogen-bond donors (Lipinski definition) is 1. The number of anilines is 2. The number of hydrogen-bond acceptors (Lipinski definition) is 6. The van der Waals surface area contributed by atoms with Crippen LogP contribution in [0.5, 0.6) is 11.5 Å². The lowest BCUT2D eigenvalue weighted by Gasteiger charge is -2.33. The summed E-state index contributed by atoms with van der Waals surface area (Å²) in [5.41, 5.74) is 0.631. The number of fused-ring (bicyclic) bond motifs is 3. The number of imidazole rings is 1. The summed E-state index contributed by atoms with van der Waals surface area (Å²) in [6.45, 7) is 3.43. The molecule has 1 aliphatic rings. The Balaban J connectivity index is 2.01. The number of benzene rings is 1. The second-order valence-corrected chi connectivity index (χ2v) is 6.77. The molecule has 0 spiro atoms. The van der Waals surface area contributed by atoms with Crippen molar-refractivity contribution in [2.24, 2.45) is 13.0 Å². The van der Waals surface area contributed by atoms with Gasteiger partial charge in [0.1, 0.15) is 11.5 Å². The van der Waals surface area contributed by atoms with Gasteiger partial charge in [0.15, 0.2) is 11.2 Å². The molecule has 0 bridgehead atoms. The van der Waals surface area contributed by atoms with Gasteiger partial charge >= 0.3 is 5.69 Å². The second kappa shape index (κ2) is 6.19. The van der Waals surface area contributed by atoms with Crippen molar-refractivity contribution in [3.05, 3.63) is 39.0 Å². The fourth-order valence-electron chi connectivity index (χ4n) is 3.58. The Hall–Kier alpha value is -3.23. The van der Waals surface area contributed by atoms with E-state index in [1.54, 1.807) is 21.3 Å². The Morgan fingerprint density at radius 1 is 1.19 bits per heavy atom. The molecule has 0 radical (unpaired) electrons. The van der Waals surface area contributed by atoms with Crippen molar-refractivity contribution in [2.45, 2.75) is 13.5 Å². The zero-order valence-corrected chi connectivity index (χ0v) is 15.6. The van der Waals surface area contributed by atoms with E-state index in [4.69, 9.17) is 9.47 Å². The summed E-state index contributed by atoms with van der Waals surface area (Å²) in [4.78, 5) is 33.4. The summed E-state index contributed by atoms with van der Waals surface area (Å²) in [7, 11) is 4.81. The molecule has 142 valence electrons. The first-order chi connectivity index (χ1) is 12.9. The number of aromatic amines is 1. The molecule has 27 heavy (non-hydrogen) atoms. The van der Waals surface area contributed by atoms with Gasteiger partial charge in [-0.3, -0.25) is 14.3 Å². The zero-order valence-electron chi connectivity index (χ0n) is 15.6. The van der Waals surface area contributed by atoms with Gasteiger partial charge in [0.05, 0.1) is 19.9 Å². The zero-order chi connectivity index (χ0) is 19.3. The lowest BCUT2D eigenvalue weighted by molar-refractivity contribution is 0.400. The normalized spacial score (nSPS) is 16.4. The maximum Gasteiger partial charge on any atom is 0.329 e. The molecule has 1 aromatic carbocycles. The summed E-state index contributed by atoms with van der Waals surface area (Å²) in [5, 5.41) is 0. The van der Waals surface area contributed by atoms with Crippen molar-refractivity contribution in [1.29, 1.82) is 0 Å². The largest absolute Gasteiger partial charge is 0.497 e. The first-order valence-electron chi connectivity index (χ1n) is 8.63. The van der Waals surface area contributed by atoms with Gasteiger partial charge in [-0.15, -0.1) is 0 Å². The Morgan fingerprint density at radius 2 is 1.96 bits per heavy atom. The molecule has 1 atom stereocenters. The van der Waals surface area contributed by atoms with Gasteiger partial charge in [-0.05, 0) is 18.1 Å². The predicted octanol–water partition coefficient (Wildman–Crippen LogP) is 1.23. The summed E-state index contributed by atoms with van der Waals surface area (Å²) < 4.78 is 14.1. The van der Waals surface area contributed by atoms with E-state index in [1.807, 2.05) is 27.7 Å². The van der Waals surface area contributed by atoms with Crippen LogP contribution in [0.3, 0.4) is 0 Å². The highest BCUT2D eigenvalue weighted by Gasteiger charge is 2.30. The average molecular weight is 371 g/mol. The van der Waals surface area contributed by atoms with E-state index < -0.39 is 11.2 Å². The molecule has 0 amide bonds. The van der Waals surface area contributed by atoms with Gasteiger partial charge < -0.3 is 18.9 Å². The molecular formula is C18H21N5O4. The second-order valence-electron chi connectivity index (χ2n) is 6.77. The summed E-state index contributed by atoms with van der Waals surface area (Å²) >= 11 is 0. The van der Waals surface area contributed by atoms with Crippen molar-refractivity contribution in [1.82, 2.24) is 19.1 Å². The molecule has 0 saturated heterocycles. The average Bonchev–Trinajstić information content (AvgIpc) is 3.05. The third kappa shape index (κ3) is 2.57. The van der Waals surface area contributed by atoms with Crippen LogP contribution >= 0.6 is 0 Å². The van der Waals surface area contributed by atoms with Crippen LogP contribution in [0.4, 0.5) is 11.6 Å². The Labute approximate surface area is 154 Å². The van der Waals surface area contributed by atoms with Crippen LogP contribution < -0.4 is 25.6 Å². The van der Waals surface area contributed by atoms with Gasteiger partial charge in [0.25, 0.3) is 5.56 Å². The third-order valence-corrected chi connectivity index (χ3v) is 4.89. The molecule has 2 aromatic heterocycles. The molecule has 1 N–H and O–H groups in total. The molecule has 3 heterocycles. The first kappa shape index (κ1) is 17.2. The quantitative estimate of drug-likeness (QED) is 0.744. The molecule has 9 heteroatoms. The minimum absolute atomic E-state index is 0.252. The van der Waals surface area contributed by atoms with Crippen molar-refractivity contribution >= 4 is 22.8 Å². The topological polar surface area (TPSA) is 94.4 Å². The molecule has 4 rings (SSSR count). The van der Waals surface area contributed by atoms with Crippen LogP contribution in [-0.4, -0.2) is 39.9 Å². The van der Waals surface area contributed by atoms with E-state index in [0.29, 0.717) is 41.7 Å². The number of aromatic nitrogens is 4. The van der Waals surface area contributed by atoms with Crippen molar-refractivity contribution in [2.75, 3.05) is 25.7 Å². The van der Waals surface area contributed by atoms with Crippen molar-refractivity contribution in [3.8, 4) is 11.5 Å². The number of ether oxygens (including phenoxy) is 2. The first-order valence-corrected chi connectivity index (χ1v) is 8.63. The maximum atomic E-state index is 12.5. The number of H-pyrrole nitrogens is 1. The number of nitrogens with zero attached hydrogens (tertiary/aromatic N) is 4. The fourth-order valence-corrected chi connectivity index (χ4v) is 3.58. The summed E-state index contributed by atoms with van der Waals surface area (Å²) in [6.07, 6.45) is 0. The fraction of sp³-hybridized carbons (Fsp3) is 0.389. The smallest absolute Gasteiger partial charge is 0.329 e. The van der Waals surface area contributed by atoms with E-state index >= 15 is 0 Å². The molecule has 1 aliphatic heterocycles. The SMILES string of the molecule is COc1ccc(OC)c(N2C[C@H](C)Cn3c2nc2c3c(=O)[nH]c(=O)n2C)c1. The minimum Gasteiger partial charge on any atom is -0.497 e. The van der Waals surface area contributed by atoms with Crippen LogP contribution in [-0.2, 0) is 13.6 Å². The van der Waals surface area contributed by atoms with Crippen LogP contribution in [0, 0.1) is 5.92 Å². The van der Waals surface area contributed by atoms with E-state index in [1.165, 1.54) is 4.57 Å². The monoisotopic (exact) mass is 371 g/mol. The number of nitrogens with one attached hydrogen (secondary N) is 1. The van der Waals surface area contributed by atoms with E-state index in [-0.39, 0.29) is 5.92 Å². The number of methoxy groups -OCH3 is 2. The molecule has 0 aliphatic carbocycles. The minimum atomic E-state index is -0.485. The van der Waals surface area contributed by atoms with Gasteiger partial charge in [0.2, 0.25) is 5.95 Å². The summed E-state index contributed by atoms with van der Waals surface area (Å²) in [6, 6.07) is 5.54. The van der Waals surface area contributed by atoms with Crippen LogP contribution in [0.15, 0.2) is 27.8 Å². The predicted molar refractivity (Wildman–Crippen MR) is 101 cm³/mol. The lowest BCUT2D eigenvalue weighted by atomic mass is 10.1. The molecule has 3 aromatic rings. The standard InChI is InChI=1S/C18H21N5O4/c1-10-8-22(12-7-11(26-3)5-6-13(12)27-4)17-19-15-14(23(17)9-10)16(24)20-18(25)21(15)2/h5-7,10H,8-9H2,1-4H3,(H,20,24,25)/t10-/m0/s1.